The van der Waals surface area contributed by atoms with E-state index in [-0.39, 0.29) is 6.04 Å². The minimum atomic E-state index is 0.0987. The molecule has 0 aliphatic heterocycles. The van der Waals surface area contributed by atoms with Crippen molar-refractivity contribution < 1.29 is 0 Å². The van der Waals surface area contributed by atoms with Crippen LogP contribution in [0.5, 0.6) is 0 Å². The van der Waals surface area contributed by atoms with E-state index in [2.05, 4.69) is 17.9 Å². The van der Waals surface area contributed by atoms with E-state index in [1.54, 1.807) is 0 Å². The molecule has 1 aliphatic rings. The van der Waals surface area contributed by atoms with Crippen LogP contribution in [0, 0.1) is 0 Å². The lowest BCUT2D eigenvalue weighted by molar-refractivity contribution is 0.249. The Morgan fingerprint density at radius 2 is 2.16 bits per heavy atom. The molecule has 0 bridgehead atoms. The van der Waals surface area contributed by atoms with Crippen LogP contribution >= 0.6 is 11.6 Å². The molecular weight excluding hydrogens is 256 g/mol. The Morgan fingerprint density at radius 3 is 2.79 bits per heavy atom. The molecule has 0 amide bonds. The van der Waals surface area contributed by atoms with Gasteiger partial charge >= 0.3 is 0 Å². The molecule has 0 spiro atoms. The Bertz CT molecular complexity index is 390. The number of hydrogen-bond acceptors (Lipinski definition) is 2. The van der Waals surface area contributed by atoms with Crippen LogP contribution in [0.2, 0.25) is 5.02 Å². The quantitative estimate of drug-likeness (QED) is 0.780. The molecule has 1 aromatic rings. The van der Waals surface area contributed by atoms with Crippen LogP contribution in [0.3, 0.4) is 0 Å². The molecule has 0 saturated heterocycles. The number of rotatable bonds is 8. The second kappa shape index (κ2) is 7.28. The van der Waals surface area contributed by atoms with Crippen LogP contribution < -0.4 is 5.73 Å². The fourth-order valence-electron chi connectivity index (χ4n) is 2.49. The summed E-state index contributed by atoms with van der Waals surface area (Å²) in [6.45, 7) is 4.59. The topological polar surface area (TPSA) is 29.3 Å². The van der Waals surface area contributed by atoms with Gasteiger partial charge < -0.3 is 10.6 Å². The Hall–Kier alpha value is -0.570. The lowest BCUT2D eigenvalue weighted by Gasteiger charge is -2.23. The molecule has 1 fully saturated rings. The maximum absolute atomic E-state index is 6.28. The number of hydrogen-bond donors (Lipinski definition) is 1. The first kappa shape index (κ1) is 14.8. The molecule has 106 valence electrons. The molecule has 2 nitrogen and oxygen atoms in total. The van der Waals surface area contributed by atoms with Crippen molar-refractivity contribution in [3.8, 4) is 0 Å². The highest BCUT2D eigenvalue weighted by Gasteiger charge is 2.28. The smallest absolute Gasteiger partial charge is 0.0409 e. The number of nitrogens with two attached hydrogens (primary N) is 1. The zero-order valence-corrected chi connectivity index (χ0v) is 12.6. The molecule has 0 aromatic heterocycles. The Balaban J connectivity index is 1.82. The predicted molar refractivity (Wildman–Crippen MR) is 82.5 cm³/mol. The molecule has 1 saturated carbocycles. The first-order valence-electron chi connectivity index (χ1n) is 7.45. The highest BCUT2D eigenvalue weighted by Crippen LogP contribution is 2.28. The van der Waals surface area contributed by atoms with E-state index in [9.17, 15) is 0 Å². The van der Waals surface area contributed by atoms with E-state index in [1.165, 1.54) is 32.2 Å². The number of unbranched alkanes of at least 4 members (excludes halogenated alkanes) is 1. The predicted octanol–water partition coefficient (Wildman–Crippen LogP) is 3.99. The van der Waals surface area contributed by atoms with Crippen molar-refractivity contribution in [3.05, 3.63) is 34.9 Å². The second-order valence-corrected chi connectivity index (χ2v) is 6.01. The van der Waals surface area contributed by atoms with Gasteiger partial charge in [0.2, 0.25) is 0 Å². The molecule has 19 heavy (non-hydrogen) atoms. The molecule has 1 unspecified atom stereocenters. The van der Waals surface area contributed by atoms with Crippen molar-refractivity contribution in [1.29, 1.82) is 0 Å². The van der Waals surface area contributed by atoms with Crippen LogP contribution in [0.4, 0.5) is 0 Å². The maximum Gasteiger partial charge on any atom is 0.0409 e. The van der Waals surface area contributed by atoms with Gasteiger partial charge in [0.15, 0.2) is 0 Å². The number of nitrogens with zero attached hydrogens (tertiary/aromatic N) is 1. The van der Waals surface area contributed by atoms with Crippen molar-refractivity contribution in [1.82, 2.24) is 4.90 Å². The Labute approximate surface area is 121 Å². The van der Waals surface area contributed by atoms with Crippen LogP contribution in [0.15, 0.2) is 24.3 Å². The van der Waals surface area contributed by atoms with Crippen molar-refractivity contribution in [2.24, 2.45) is 5.73 Å². The van der Waals surface area contributed by atoms with Gasteiger partial charge in [-0.3, -0.25) is 0 Å². The van der Waals surface area contributed by atoms with Crippen molar-refractivity contribution >= 4 is 11.6 Å². The summed E-state index contributed by atoms with van der Waals surface area (Å²) in [5, 5.41) is 0.776. The lowest BCUT2D eigenvalue weighted by Crippen LogP contribution is -2.30. The van der Waals surface area contributed by atoms with Gasteiger partial charge in [-0.25, -0.2) is 0 Å². The normalized spacial score (nSPS) is 16.8. The largest absolute Gasteiger partial charge is 0.324 e. The molecule has 1 atom stereocenters. The zero-order valence-electron chi connectivity index (χ0n) is 11.8. The fraction of sp³-hybridized carbons (Fsp3) is 0.625. The monoisotopic (exact) mass is 280 g/mol. The van der Waals surface area contributed by atoms with Crippen molar-refractivity contribution in [2.45, 2.75) is 51.1 Å². The van der Waals surface area contributed by atoms with Gasteiger partial charge in [0, 0.05) is 23.7 Å². The van der Waals surface area contributed by atoms with E-state index in [1.807, 2.05) is 18.2 Å². The average Bonchev–Trinajstić information content (AvgIpc) is 3.23. The lowest BCUT2D eigenvalue weighted by atomic mass is 10.0. The highest BCUT2D eigenvalue weighted by atomic mass is 35.5. The van der Waals surface area contributed by atoms with Crippen LogP contribution in [-0.2, 0) is 0 Å². The van der Waals surface area contributed by atoms with Gasteiger partial charge in [0.05, 0.1) is 0 Å². The highest BCUT2D eigenvalue weighted by molar-refractivity contribution is 6.30. The molecule has 3 heteroatoms. The standard InChI is InChI=1S/C16H25ClN2/c1-2-3-10-19(15-7-8-15)11-9-16(18)13-5-4-6-14(17)12-13/h4-6,12,15-16H,2-3,7-11,18H2,1H3. The number of halogens is 1. The summed E-state index contributed by atoms with van der Waals surface area (Å²) < 4.78 is 0. The average molecular weight is 281 g/mol. The molecule has 1 aliphatic carbocycles. The maximum atomic E-state index is 6.28. The van der Waals surface area contributed by atoms with Crippen molar-refractivity contribution in [2.75, 3.05) is 13.1 Å². The third-order valence-electron chi connectivity index (χ3n) is 3.87. The Kier molecular flexibility index (Phi) is 5.68. The van der Waals surface area contributed by atoms with E-state index >= 15 is 0 Å². The van der Waals surface area contributed by atoms with Crippen LogP contribution in [-0.4, -0.2) is 24.0 Å². The van der Waals surface area contributed by atoms with Crippen LogP contribution in [0.1, 0.15) is 50.6 Å². The first-order chi connectivity index (χ1) is 9.20. The molecule has 2 rings (SSSR count). The summed E-state index contributed by atoms with van der Waals surface area (Å²) in [4.78, 5) is 2.62. The number of benzene rings is 1. The van der Waals surface area contributed by atoms with E-state index in [4.69, 9.17) is 17.3 Å². The van der Waals surface area contributed by atoms with Gasteiger partial charge in [0.1, 0.15) is 0 Å². The van der Waals surface area contributed by atoms with Crippen molar-refractivity contribution in [3.63, 3.8) is 0 Å². The minimum Gasteiger partial charge on any atom is -0.324 e. The molecule has 1 aromatic carbocycles. The van der Waals surface area contributed by atoms with E-state index < -0.39 is 0 Å². The molecule has 0 heterocycles. The Morgan fingerprint density at radius 1 is 1.37 bits per heavy atom. The summed E-state index contributed by atoms with van der Waals surface area (Å²) in [7, 11) is 0. The third-order valence-corrected chi connectivity index (χ3v) is 4.10. The summed E-state index contributed by atoms with van der Waals surface area (Å²) in [5.74, 6) is 0. The van der Waals surface area contributed by atoms with Gasteiger partial charge in [-0.1, -0.05) is 37.1 Å². The second-order valence-electron chi connectivity index (χ2n) is 5.57. The molecular formula is C16H25ClN2. The van der Waals surface area contributed by atoms with E-state index in [0.717, 1.165) is 29.6 Å². The zero-order chi connectivity index (χ0) is 13.7. The third kappa shape index (κ3) is 4.79. The van der Waals surface area contributed by atoms with E-state index in [0.29, 0.717) is 0 Å². The molecule has 0 radical (unpaired) electrons. The summed E-state index contributed by atoms with van der Waals surface area (Å²) >= 11 is 6.01. The summed E-state index contributed by atoms with van der Waals surface area (Å²) in [6.07, 6.45) is 6.32. The first-order valence-corrected chi connectivity index (χ1v) is 7.83. The SMILES string of the molecule is CCCCN(CCC(N)c1cccc(Cl)c1)C1CC1. The van der Waals surface area contributed by atoms with Crippen LogP contribution in [0.25, 0.3) is 0 Å². The van der Waals surface area contributed by atoms with Gasteiger partial charge in [-0.2, -0.15) is 0 Å². The minimum absolute atomic E-state index is 0.0987. The summed E-state index contributed by atoms with van der Waals surface area (Å²) in [5.41, 5.74) is 7.43. The molecule has 2 N–H and O–H groups in total. The van der Waals surface area contributed by atoms with Gasteiger partial charge in [0.25, 0.3) is 0 Å². The van der Waals surface area contributed by atoms with Gasteiger partial charge in [-0.15, -0.1) is 0 Å². The van der Waals surface area contributed by atoms with Gasteiger partial charge in [-0.05, 0) is 49.9 Å². The summed E-state index contributed by atoms with van der Waals surface area (Å²) in [6, 6.07) is 8.87. The fourth-order valence-corrected chi connectivity index (χ4v) is 2.69.